The van der Waals surface area contributed by atoms with E-state index in [1.54, 1.807) is 0 Å². The van der Waals surface area contributed by atoms with Crippen molar-refractivity contribution in [1.29, 1.82) is 0 Å². The highest BCUT2D eigenvalue weighted by Crippen LogP contribution is 2.38. The molecule has 1 aliphatic carbocycles. The fourth-order valence-corrected chi connectivity index (χ4v) is 1.76. The maximum absolute atomic E-state index is 5.96. The van der Waals surface area contributed by atoms with Crippen LogP contribution < -0.4 is 11.1 Å². The lowest BCUT2D eigenvalue weighted by Gasteiger charge is -2.10. The Bertz CT molecular complexity index is 333. The molecule has 2 nitrogen and oxygen atoms in total. The summed E-state index contributed by atoms with van der Waals surface area (Å²) in [5.74, 6) is 1.75. The third kappa shape index (κ3) is 1.84. The van der Waals surface area contributed by atoms with Crippen molar-refractivity contribution >= 4 is 11.4 Å². The highest BCUT2D eigenvalue weighted by atomic mass is 14.9. The highest BCUT2D eigenvalue weighted by Gasteiger charge is 2.31. The summed E-state index contributed by atoms with van der Waals surface area (Å²) in [5, 5.41) is 3.42. The Morgan fingerprint density at radius 3 is 2.86 bits per heavy atom. The zero-order valence-corrected chi connectivity index (χ0v) is 8.88. The lowest BCUT2D eigenvalue weighted by atomic mass is 10.1. The summed E-state index contributed by atoms with van der Waals surface area (Å²) >= 11 is 0. The van der Waals surface area contributed by atoms with Crippen LogP contribution in [-0.2, 0) is 0 Å². The summed E-state index contributed by atoms with van der Waals surface area (Å²) in [7, 11) is 0. The molecule has 1 saturated carbocycles. The Morgan fingerprint density at radius 1 is 1.50 bits per heavy atom. The van der Waals surface area contributed by atoms with Crippen LogP contribution in [0.3, 0.4) is 0 Å². The number of hydrogen-bond donors (Lipinski definition) is 2. The van der Waals surface area contributed by atoms with Gasteiger partial charge in [0.25, 0.3) is 0 Å². The smallest absolute Gasteiger partial charge is 0.0579 e. The summed E-state index contributed by atoms with van der Waals surface area (Å²) in [5.41, 5.74) is 9.09. The van der Waals surface area contributed by atoms with Crippen LogP contribution >= 0.6 is 0 Å². The van der Waals surface area contributed by atoms with Gasteiger partial charge in [-0.25, -0.2) is 0 Å². The molecule has 3 N–H and O–H groups in total. The first-order valence-electron chi connectivity index (χ1n) is 5.27. The van der Waals surface area contributed by atoms with Gasteiger partial charge >= 0.3 is 0 Å². The number of aryl methyl sites for hydroxylation is 1. The Hall–Kier alpha value is -1.18. The Morgan fingerprint density at radius 2 is 2.21 bits per heavy atom. The quantitative estimate of drug-likeness (QED) is 0.719. The Kier molecular flexibility index (Phi) is 2.36. The molecular formula is C12H18N2. The molecule has 0 aromatic heterocycles. The summed E-state index contributed by atoms with van der Waals surface area (Å²) in [4.78, 5) is 0. The normalized spacial score (nSPS) is 24.7. The fraction of sp³-hybridized carbons (Fsp3) is 0.500. The van der Waals surface area contributed by atoms with E-state index >= 15 is 0 Å². The van der Waals surface area contributed by atoms with Crippen LogP contribution in [0.5, 0.6) is 0 Å². The van der Waals surface area contributed by atoms with Gasteiger partial charge in [0, 0.05) is 6.54 Å². The van der Waals surface area contributed by atoms with Gasteiger partial charge in [0.2, 0.25) is 0 Å². The molecule has 2 atom stereocenters. The van der Waals surface area contributed by atoms with Gasteiger partial charge in [-0.05, 0) is 36.8 Å². The van der Waals surface area contributed by atoms with E-state index in [1.807, 2.05) is 19.1 Å². The molecule has 0 spiro atoms. The van der Waals surface area contributed by atoms with Crippen LogP contribution in [0.25, 0.3) is 0 Å². The van der Waals surface area contributed by atoms with Gasteiger partial charge < -0.3 is 11.1 Å². The van der Waals surface area contributed by atoms with E-state index in [1.165, 1.54) is 6.42 Å². The average molecular weight is 190 g/mol. The van der Waals surface area contributed by atoms with E-state index in [0.717, 1.165) is 35.3 Å². The molecule has 76 valence electrons. The number of anilines is 2. The summed E-state index contributed by atoms with van der Waals surface area (Å²) in [6.07, 6.45) is 1.36. The van der Waals surface area contributed by atoms with Crippen LogP contribution in [0, 0.1) is 18.8 Å². The second kappa shape index (κ2) is 3.52. The van der Waals surface area contributed by atoms with Crippen LogP contribution in [0.1, 0.15) is 18.9 Å². The van der Waals surface area contributed by atoms with Crippen molar-refractivity contribution in [3.63, 3.8) is 0 Å². The fourth-order valence-electron chi connectivity index (χ4n) is 1.76. The SMILES string of the molecule is Cc1cccc(NCC2CC2C)c1N. The molecule has 0 aliphatic heterocycles. The maximum Gasteiger partial charge on any atom is 0.0579 e. The number of benzene rings is 1. The van der Waals surface area contributed by atoms with Crippen molar-refractivity contribution < 1.29 is 0 Å². The van der Waals surface area contributed by atoms with Gasteiger partial charge in [0.05, 0.1) is 11.4 Å². The first kappa shape index (κ1) is 9.38. The van der Waals surface area contributed by atoms with Gasteiger partial charge in [0.1, 0.15) is 0 Å². The molecule has 2 unspecified atom stereocenters. The van der Waals surface area contributed by atoms with Gasteiger partial charge in [-0.15, -0.1) is 0 Å². The number of para-hydroxylation sites is 1. The van der Waals surface area contributed by atoms with E-state index in [4.69, 9.17) is 5.73 Å². The number of nitrogens with two attached hydrogens (primary N) is 1. The summed E-state index contributed by atoms with van der Waals surface area (Å²) in [6.45, 7) is 5.40. The number of hydrogen-bond acceptors (Lipinski definition) is 2. The van der Waals surface area contributed by atoms with Crippen molar-refractivity contribution in [2.75, 3.05) is 17.6 Å². The molecule has 0 heterocycles. The van der Waals surface area contributed by atoms with Crippen molar-refractivity contribution in [2.24, 2.45) is 11.8 Å². The predicted octanol–water partition coefficient (Wildman–Crippen LogP) is 2.65. The molecule has 0 radical (unpaired) electrons. The number of nitrogens with one attached hydrogen (secondary N) is 1. The standard InChI is InChI=1S/C12H18N2/c1-8-4-3-5-11(12(8)13)14-7-10-6-9(10)2/h3-5,9-10,14H,6-7,13H2,1-2H3. The number of nitrogen functional groups attached to an aromatic ring is 1. The first-order valence-corrected chi connectivity index (χ1v) is 5.27. The van der Waals surface area contributed by atoms with E-state index < -0.39 is 0 Å². The molecule has 0 saturated heterocycles. The average Bonchev–Trinajstić information content (AvgIpc) is 2.85. The van der Waals surface area contributed by atoms with Crippen molar-refractivity contribution in [3.8, 4) is 0 Å². The largest absolute Gasteiger partial charge is 0.397 e. The van der Waals surface area contributed by atoms with Crippen LogP contribution in [0.2, 0.25) is 0 Å². The van der Waals surface area contributed by atoms with Crippen molar-refractivity contribution in [1.82, 2.24) is 0 Å². The molecule has 1 aromatic carbocycles. The van der Waals surface area contributed by atoms with Crippen molar-refractivity contribution in [3.05, 3.63) is 23.8 Å². The molecule has 1 fully saturated rings. The summed E-state index contributed by atoms with van der Waals surface area (Å²) < 4.78 is 0. The molecule has 2 heteroatoms. The minimum absolute atomic E-state index is 0.856. The Labute approximate surface area is 85.5 Å². The molecule has 1 aromatic rings. The Balaban J connectivity index is 1.98. The predicted molar refractivity (Wildman–Crippen MR) is 61.4 cm³/mol. The van der Waals surface area contributed by atoms with Gasteiger partial charge in [-0.3, -0.25) is 0 Å². The van der Waals surface area contributed by atoms with Crippen LogP contribution in [0.4, 0.5) is 11.4 Å². The van der Waals surface area contributed by atoms with Crippen molar-refractivity contribution in [2.45, 2.75) is 20.3 Å². The van der Waals surface area contributed by atoms with Crippen LogP contribution in [0.15, 0.2) is 18.2 Å². The monoisotopic (exact) mass is 190 g/mol. The van der Waals surface area contributed by atoms with E-state index in [9.17, 15) is 0 Å². The van der Waals surface area contributed by atoms with Gasteiger partial charge in [0.15, 0.2) is 0 Å². The topological polar surface area (TPSA) is 38.0 Å². The molecular weight excluding hydrogens is 172 g/mol. The van der Waals surface area contributed by atoms with Gasteiger partial charge in [-0.1, -0.05) is 19.1 Å². The first-order chi connectivity index (χ1) is 6.68. The van der Waals surface area contributed by atoms with E-state index in [2.05, 4.69) is 18.3 Å². The molecule has 2 rings (SSSR count). The highest BCUT2D eigenvalue weighted by molar-refractivity contribution is 5.69. The second-order valence-corrected chi connectivity index (χ2v) is 4.39. The zero-order chi connectivity index (χ0) is 10.1. The minimum atomic E-state index is 0.856. The number of rotatable bonds is 3. The molecule has 14 heavy (non-hydrogen) atoms. The molecule has 0 amide bonds. The summed E-state index contributed by atoms with van der Waals surface area (Å²) in [6, 6.07) is 6.14. The third-order valence-corrected chi connectivity index (χ3v) is 3.15. The van der Waals surface area contributed by atoms with E-state index in [-0.39, 0.29) is 0 Å². The zero-order valence-electron chi connectivity index (χ0n) is 8.88. The lowest BCUT2D eigenvalue weighted by Crippen LogP contribution is -2.07. The third-order valence-electron chi connectivity index (χ3n) is 3.15. The van der Waals surface area contributed by atoms with Crippen LogP contribution in [-0.4, -0.2) is 6.54 Å². The van der Waals surface area contributed by atoms with Gasteiger partial charge in [-0.2, -0.15) is 0 Å². The molecule has 1 aliphatic rings. The minimum Gasteiger partial charge on any atom is -0.397 e. The molecule has 0 bridgehead atoms. The maximum atomic E-state index is 5.96. The lowest BCUT2D eigenvalue weighted by molar-refractivity contribution is 0.787. The van der Waals surface area contributed by atoms with E-state index in [0.29, 0.717) is 0 Å². The second-order valence-electron chi connectivity index (χ2n) is 4.39.